The molecular formula is C22H26N2O4. The third-order valence-electron chi connectivity index (χ3n) is 6.62. The number of aliphatic hydroxyl groups is 1. The summed E-state index contributed by atoms with van der Waals surface area (Å²) in [5.74, 6) is 2.91. The van der Waals surface area contributed by atoms with E-state index in [0.717, 1.165) is 41.5 Å². The lowest BCUT2D eigenvalue weighted by Gasteiger charge is -2.35. The summed E-state index contributed by atoms with van der Waals surface area (Å²) in [7, 11) is 3.84. The third-order valence-corrected chi connectivity index (χ3v) is 6.62. The quantitative estimate of drug-likeness (QED) is 0.845. The van der Waals surface area contributed by atoms with Gasteiger partial charge in [-0.05, 0) is 24.6 Å². The summed E-state index contributed by atoms with van der Waals surface area (Å²) in [6.45, 7) is 2.19. The molecule has 0 aromatic heterocycles. The van der Waals surface area contributed by atoms with Crippen LogP contribution >= 0.6 is 0 Å². The van der Waals surface area contributed by atoms with Crippen molar-refractivity contribution in [1.82, 2.24) is 10.2 Å². The SMILES string of the molecule is COc1cc2c(cc1[C@H]1N[C@](CO)(c3ccccc3)[C@H]3CN(C)C[C@@H]13)OCO2. The van der Waals surface area contributed by atoms with Crippen molar-refractivity contribution in [2.24, 2.45) is 11.8 Å². The molecule has 0 amide bonds. The van der Waals surface area contributed by atoms with Gasteiger partial charge in [0.05, 0.1) is 19.3 Å². The highest BCUT2D eigenvalue weighted by Gasteiger charge is 2.57. The fourth-order valence-corrected chi connectivity index (χ4v) is 5.34. The monoisotopic (exact) mass is 382 g/mol. The Balaban J connectivity index is 1.62. The molecule has 28 heavy (non-hydrogen) atoms. The summed E-state index contributed by atoms with van der Waals surface area (Å²) in [5.41, 5.74) is 1.70. The topological polar surface area (TPSA) is 63.2 Å². The number of hydrogen-bond donors (Lipinski definition) is 2. The lowest BCUT2D eigenvalue weighted by Crippen LogP contribution is -2.47. The number of likely N-dealkylation sites (tertiary alicyclic amines) is 1. The number of fused-ring (bicyclic) bond motifs is 2. The first kappa shape index (κ1) is 17.8. The molecule has 6 nitrogen and oxygen atoms in total. The molecule has 4 atom stereocenters. The van der Waals surface area contributed by atoms with Gasteiger partial charge in [0.15, 0.2) is 11.5 Å². The van der Waals surface area contributed by atoms with Gasteiger partial charge in [-0.25, -0.2) is 0 Å². The second kappa shape index (κ2) is 6.65. The maximum atomic E-state index is 10.6. The second-order valence-electron chi connectivity index (χ2n) is 8.06. The van der Waals surface area contributed by atoms with E-state index in [1.165, 1.54) is 0 Å². The average Bonchev–Trinajstić information content (AvgIpc) is 3.41. The number of ether oxygens (including phenoxy) is 3. The van der Waals surface area contributed by atoms with Gasteiger partial charge in [-0.3, -0.25) is 5.32 Å². The Hall–Kier alpha value is -2.28. The van der Waals surface area contributed by atoms with Gasteiger partial charge >= 0.3 is 0 Å². The van der Waals surface area contributed by atoms with E-state index in [4.69, 9.17) is 14.2 Å². The lowest BCUT2D eigenvalue weighted by molar-refractivity contribution is 0.129. The predicted octanol–water partition coefficient (Wildman–Crippen LogP) is 2.13. The van der Waals surface area contributed by atoms with Gasteiger partial charge in [-0.15, -0.1) is 0 Å². The molecule has 0 unspecified atom stereocenters. The number of methoxy groups -OCH3 is 1. The summed E-state index contributed by atoms with van der Waals surface area (Å²) in [5, 5.41) is 14.4. The maximum absolute atomic E-state index is 10.6. The normalized spacial score (nSPS) is 31.2. The van der Waals surface area contributed by atoms with E-state index in [2.05, 4.69) is 29.4 Å². The Labute approximate surface area is 165 Å². The van der Waals surface area contributed by atoms with Crippen molar-refractivity contribution in [2.75, 3.05) is 40.6 Å². The fraction of sp³-hybridized carbons (Fsp3) is 0.455. The molecule has 0 bridgehead atoms. The highest BCUT2D eigenvalue weighted by molar-refractivity contribution is 5.54. The van der Waals surface area contributed by atoms with Crippen LogP contribution in [0.15, 0.2) is 42.5 Å². The van der Waals surface area contributed by atoms with Gasteiger partial charge in [0.1, 0.15) is 5.75 Å². The van der Waals surface area contributed by atoms with E-state index < -0.39 is 5.54 Å². The van der Waals surface area contributed by atoms with Crippen molar-refractivity contribution in [1.29, 1.82) is 0 Å². The zero-order valence-corrected chi connectivity index (χ0v) is 16.2. The molecule has 2 aromatic carbocycles. The van der Waals surface area contributed by atoms with Crippen molar-refractivity contribution in [3.05, 3.63) is 53.6 Å². The van der Waals surface area contributed by atoms with E-state index in [-0.39, 0.29) is 19.4 Å². The summed E-state index contributed by atoms with van der Waals surface area (Å²) < 4.78 is 16.9. The molecule has 3 heterocycles. The number of nitrogens with one attached hydrogen (secondary N) is 1. The number of aliphatic hydroxyl groups excluding tert-OH is 1. The summed E-state index contributed by atoms with van der Waals surface area (Å²) in [6.07, 6.45) is 0. The van der Waals surface area contributed by atoms with Crippen molar-refractivity contribution < 1.29 is 19.3 Å². The third kappa shape index (κ3) is 2.52. The first-order chi connectivity index (χ1) is 13.7. The van der Waals surface area contributed by atoms with Crippen molar-refractivity contribution in [3.63, 3.8) is 0 Å². The van der Waals surface area contributed by atoms with Crippen molar-refractivity contribution in [2.45, 2.75) is 11.6 Å². The molecule has 6 heteroatoms. The fourth-order valence-electron chi connectivity index (χ4n) is 5.34. The van der Waals surface area contributed by atoms with Crippen LogP contribution < -0.4 is 19.5 Å². The summed E-state index contributed by atoms with van der Waals surface area (Å²) in [4.78, 5) is 2.36. The number of nitrogens with zero attached hydrogens (tertiary/aromatic N) is 1. The average molecular weight is 382 g/mol. The number of hydrogen-bond acceptors (Lipinski definition) is 6. The van der Waals surface area contributed by atoms with E-state index in [0.29, 0.717) is 11.8 Å². The van der Waals surface area contributed by atoms with E-state index in [1.807, 2.05) is 30.3 Å². The van der Waals surface area contributed by atoms with Crippen molar-refractivity contribution in [3.8, 4) is 17.2 Å². The lowest BCUT2D eigenvalue weighted by atomic mass is 9.76. The first-order valence-electron chi connectivity index (χ1n) is 9.76. The minimum Gasteiger partial charge on any atom is -0.496 e. The summed E-state index contributed by atoms with van der Waals surface area (Å²) >= 11 is 0. The minimum absolute atomic E-state index is 0.0479. The Morgan fingerprint density at radius 1 is 1.18 bits per heavy atom. The van der Waals surface area contributed by atoms with Gasteiger partial charge in [0.2, 0.25) is 6.79 Å². The Bertz CT molecular complexity index is 874. The molecule has 0 radical (unpaired) electrons. The Kier molecular flexibility index (Phi) is 4.23. The second-order valence-corrected chi connectivity index (χ2v) is 8.06. The van der Waals surface area contributed by atoms with Crippen molar-refractivity contribution >= 4 is 0 Å². The highest BCUT2D eigenvalue weighted by atomic mass is 16.7. The standard InChI is InChI=1S/C22H26N2O4/c1-24-10-16-17(11-24)22(12-25,14-6-4-3-5-7-14)23-21(16)15-8-19-20(28-13-27-19)9-18(15)26-2/h3-9,16-17,21,23,25H,10-13H2,1-2H3/t16-,17+,21-,22-/m1/s1. The Morgan fingerprint density at radius 2 is 1.93 bits per heavy atom. The molecular weight excluding hydrogens is 356 g/mol. The van der Waals surface area contributed by atoms with Crippen LogP contribution in [0.1, 0.15) is 17.2 Å². The maximum Gasteiger partial charge on any atom is 0.231 e. The molecule has 3 aliphatic heterocycles. The van der Waals surface area contributed by atoms with Gasteiger partial charge in [0, 0.05) is 36.7 Å². The van der Waals surface area contributed by atoms with Gasteiger partial charge in [0.25, 0.3) is 0 Å². The van der Waals surface area contributed by atoms with Crippen LogP contribution in [0.5, 0.6) is 17.2 Å². The number of rotatable bonds is 4. The highest BCUT2D eigenvalue weighted by Crippen LogP contribution is 2.53. The minimum atomic E-state index is -0.483. The summed E-state index contributed by atoms with van der Waals surface area (Å²) in [6, 6.07) is 14.3. The largest absolute Gasteiger partial charge is 0.496 e. The molecule has 0 saturated carbocycles. The Morgan fingerprint density at radius 3 is 2.64 bits per heavy atom. The molecule has 2 N–H and O–H groups in total. The van der Waals surface area contributed by atoms with E-state index in [1.54, 1.807) is 7.11 Å². The van der Waals surface area contributed by atoms with Crippen LogP contribution in [0, 0.1) is 11.8 Å². The van der Waals surface area contributed by atoms with Crippen LogP contribution in [0.25, 0.3) is 0 Å². The molecule has 3 aliphatic rings. The molecule has 5 rings (SSSR count). The predicted molar refractivity (Wildman–Crippen MR) is 105 cm³/mol. The van der Waals surface area contributed by atoms with Gasteiger partial charge in [-0.1, -0.05) is 30.3 Å². The van der Waals surface area contributed by atoms with Gasteiger partial charge in [-0.2, -0.15) is 0 Å². The zero-order valence-electron chi connectivity index (χ0n) is 16.2. The van der Waals surface area contributed by atoms with Crippen LogP contribution in [-0.2, 0) is 5.54 Å². The zero-order chi connectivity index (χ0) is 19.3. The molecule has 2 aromatic rings. The number of benzene rings is 2. The van der Waals surface area contributed by atoms with E-state index >= 15 is 0 Å². The molecule has 0 spiro atoms. The van der Waals surface area contributed by atoms with Crippen LogP contribution in [0.3, 0.4) is 0 Å². The molecule has 2 fully saturated rings. The van der Waals surface area contributed by atoms with E-state index in [9.17, 15) is 5.11 Å². The van der Waals surface area contributed by atoms with Crippen LogP contribution in [0.2, 0.25) is 0 Å². The molecule has 2 saturated heterocycles. The smallest absolute Gasteiger partial charge is 0.231 e. The van der Waals surface area contributed by atoms with Crippen LogP contribution in [-0.4, -0.2) is 50.7 Å². The first-order valence-corrected chi connectivity index (χ1v) is 9.76. The van der Waals surface area contributed by atoms with Gasteiger partial charge < -0.3 is 24.2 Å². The molecule has 0 aliphatic carbocycles. The van der Waals surface area contributed by atoms with Crippen LogP contribution in [0.4, 0.5) is 0 Å². The molecule has 148 valence electrons.